The summed E-state index contributed by atoms with van der Waals surface area (Å²) in [5.74, 6) is 1.69. The highest BCUT2D eigenvalue weighted by atomic mass is 19.4. The van der Waals surface area contributed by atoms with Gasteiger partial charge in [-0.1, -0.05) is 105 Å². The Bertz CT molecular complexity index is 1710. The van der Waals surface area contributed by atoms with Gasteiger partial charge in [-0.3, -0.25) is 9.80 Å². The lowest BCUT2D eigenvalue weighted by atomic mass is 9.85. The van der Waals surface area contributed by atoms with E-state index in [1.807, 2.05) is 45.7 Å². The third kappa shape index (κ3) is 14.0. The molecule has 58 heavy (non-hydrogen) atoms. The van der Waals surface area contributed by atoms with Gasteiger partial charge in [-0.05, 0) is 145 Å². The van der Waals surface area contributed by atoms with Crippen LogP contribution in [0.15, 0.2) is 48.5 Å². The molecule has 1 saturated heterocycles. The second-order valence-corrected chi connectivity index (χ2v) is 17.4. The number of likely N-dealkylation sites (tertiary alicyclic amines) is 1. The summed E-state index contributed by atoms with van der Waals surface area (Å²) in [7, 11) is 2.01. The van der Waals surface area contributed by atoms with Crippen LogP contribution in [-0.4, -0.2) is 73.3 Å². The van der Waals surface area contributed by atoms with E-state index in [1.165, 1.54) is 54.6 Å². The molecule has 0 amide bonds. The number of halogens is 5. The SMILES string of the molecule is CC.CC(C)c1cc2c(cc1OC(F)(F)F)CCN(C)C2.CC(C)c1ccc2c(c1)CCN(C1CC1)C2.CCc1cc(C2CCN(CC(F)F)CC2)ccc1C(C)C. The van der Waals surface area contributed by atoms with Crippen molar-refractivity contribution in [2.75, 3.05) is 39.8 Å². The predicted molar refractivity (Wildman–Crippen MR) is 231 cm³/mol. The first kappa shape index (κ1) is 47.7. The molecule has 4 aliphatic rings. The zero-order chi connectivity index (χ0) is 42.7. The number of aryl methyl sites for hydroxylation is 1. The van der Waals surface area contributed by atoms with E-state index in [9.17, 15) is 22.0 Å². The molecular formula is C49H72F5N3O. The minimum atomic E-state index is -4.64. The van der Waals surface area contributed by atoms with Gasteiger partial charge in [0.25, 0.3) is 6.43 Å². The molecule has 0 spiro atoms. The van der Waals surface area contributed by atoms with E-state index in [2.05, 4.69) is 85.6 Å². The Balaban J connectivity index is 0.000000190. The van der Waals surface area contributed by atoms with Crippen molar-refractivity contribution in [2.45, 2.75) is 163 Å². The summed E-state index contributed by atoms with van der Waals surface area (Å²) in [6.07, 6.45) is 1.09. The fraction of sp³-hybridized carbons (Fsp3) is 0.633. The molecule has 3 heterocycles. The average molecular weight is 814 g/mol. The molecule has 0 radical (unpaired) electrons. The van der Waals surface area contributed by atoms with Crippen molar-refractivity contribution in [3.05, 3.63) is 98.6 Å². The van der Waals surface area contributed by atoms with Crippen molar-refractivity contribution in [2.24, 2.45) is 0 Å². The highest BCUT2D eigenvalue weighted by Crippen LogP contribution is 2.36. The Morgan fingerprint density at radius 1 is 0.690 bits per heavy atom. The van der Waals surface area contributed by atoms with Gasteiger partial charge in [0.1, 0.15) is 5.75 Å². The van der Waals surface area contributed by atoms with Crippen LogP contribution in [-0.2, 0) is 32.4 Å². The standard InChI is InChI=1S/C18H27F2N.C15H21N.C14H18F3NO.C2H6/c1-4-14-11-16(5-6-17(14)13(2)3)15-7-9-21(10-8-15)12-18(19)20;1-11(2)12-3-4-14-10-16(15-5-6-15)8-7-13(14)9-12;1-9(2)12-6-11-8-18(3)5-4-10(11)7-13(12)19-14(15,16)17;1-2/h5-6,11,13,15,18H,4,7-10,12H2,1-3H3;3-4,9,11,15H,5-8,10H2,1-2H3;6-7,9H,4-5,8H2,1-3H3;1-2H3. The van der Waals surface area contributed by atoms with Gasteiger partial charge in [-0.2, -0.15) is 0 Å². The van der Waals surface area contributed by atoms with Crippen LogP contribution >= 0.6 is 0 Å². The number of alkyl halides is 5. The van der Waals surface area contributed by atoms with Crippen molar-refractivity contribution in [3.63, 3.8) is 0 Å². The van der Waals surface area contributed by atoms with Crippen LogP contribution in [0.25, 0.3) is 0 Å². The Kier molecular flexibility index (Phi) is 18.1. The van der Waals surface area contributed by atoms with Gasteiger partial charge in [-0.15, -0.1) is 13.2 Å². The number of piperidine rings is 1. The van der Waals surface area contributed by atoms with Gasteiger partial charge in [0.2, 0.25) is 0 Å². The lowest BCUT2D eigenvalue weighted by Crippen LogP contribution is -2.36. The summed E-state index contributed by atoms with van der Waals surface area (Å²) in [6.45, 7) is 24.6. The highest BCUT2D eigenvalue weighted by molar-refractivity contribution is 5.45. The topological polar surface area (TPSA) is 19.0 Å². The lowest BCUT2D eigenvalue weighted by Gasteiger charge is -2.32. The first-order valence-electron chi connectivity index (χ1n) is 22.1. The van der Waals surface area contributed by atoms with E-state index in [0.29, 0.717) is 23.3 Å². The third-order valence-electron chi connectivity index (χ3n) is 12.0. The molecule has 2 fully saturated rings. The number of ether oxygens (including phenoxy) is 1. The summed E-state index contributed by atoms with van der Waals surface area (Å²) >= 11 is 0. The molecule has 1 saturated carbocycles. The van der Waals surface area contributed by atoms with Gasteiger partial charge in [0, 0.05) is 32.2 Å². The molecule has 3 aliphatic heterocycles. The Labute approximate surface area is 347 Å². The number of benzene rings is 3. The minimum absolute atomic E-state index is 0.00474. The van der Waals surface area contributed by atoms with E-state index >= 15 is 0 Å². The monoisotopic (exact) mass is 814 g/mol. The third-order valence-corrected chi connectivity index (χ3v) is 12.0. The molecule has 0 N–H and O–H groups in total. The van der Waals surface area contributed by atoms with Gasteiger partial charge >= 0.3 is 6.36 Å². The molecule has 0 atom stereocenters. The van der Waals surface area contributed by atoms with Crippen LogP contribution in [0.1, 0.15) is 162 Å². The molecular weight excluding hydrogens is 742 g/mol. The molecule has 3 aromatic rings. The average Bonchev–Trinajstić information content (AvgIpc) is 4.04. The van der Waals surface area contributed by atoms with Crippen LogP contribution in [0.2, 0.25) is 0 Å². The zero-order valence-corrected chi connectivity index (χ0v) is 37.1. The molecule has 4 nitrogen and oxygen atoms in total. The van der Waals surface area contributed by atoms with Crippen LogP contribution in [0.5, 0.6) is 5.75 Å². The highest BCUT2D eigenvalue weighted by Gasteiger charge is 2.34. The van der Waals surface area contributed by atoms with Gasteiger partial charge in [0.15, 0.2) is 0 Å². The Morgan fingerprint density at radius 3 is 1.90 bits per heavy atom. The van der Waals surface area contributed by atoms with E-state index in [-0.39, 0.29) is 18.2 Å². The molecule has 7 rings (SSSR count). The van der Waals surface area contributed by atoms with Gasteiger partial charge in [0.05, 0.1) is 6.54 Å². The second-order valence-electron chi connectivity index (χ2n) is 17.4. The number of nitrogens with zero attached hydrogens (tertiary/aromatic N) is 3. The number of hydrogen-bond acceptors (Lipinski definition) is 4. The summed E-state index contributed by atoms with van der Waals surface area (Å²) in [5, 5.41) is 0. The van der Waals surface area contributed by atoms with E-state index in [4.69, 9.17) is 0 Å². The molecule has 3 aromatic carbocycles. The first-order chi connectivity index (χ1) is 27.5. The predicted octanol–water partition coefficient (Wildman–Crippen LogP) is 12.9. The Morgan fingerprint density at radius 2 is 1.33 bits per heavy atom. The number of rotatable bonds is 9. The maximum atomic E-state index is 12.4. The van der Waals surface area contributed by atoms with Gasteiger partial charge in [-0.25, -0.2) is 8.78 Å². The maximum absolute atomic E-state index is 12.4. The smallest absolute Gasteiger partial charge is 0.405 e. The van der Waals surface area contributed by atoms with Crippen LogP contribution in [0.3, 0.4) is 0 Å². The van der Waals surface area contributed by atoms with Crippen molar-refractivity contribution >= 4 is 0 Å². The van der Waals surface area contributed by atoms with Crippen molar-refractivity contribution in [3.8, 4) is 5.75 Å². The van der Waals surface area contributed by atoms with Crippen molar-refractivity contribution in [1.82, 2.24) is 14.7 Å². The number of fused-ring (bicyclic) bond motifs is 2. The van der Waals surface area contributed by atoms with Crippen LogP contribution in [0.4, 0.5) is 22.0 Å². The summed E-state index contributed by atoms with van der Waals surface area (Å²) in [5.41, 5.74) is 11.6. The molecule has 324 valence electrons. The normalized spacial score (nSPS) is 17.8. The molecule has 0 bridgehead atoms. The fourth-order valence-corrected chi connectivity index (χ4v) is 8.51. The lowest BCUT2D eigenvalue weighted by molar-refractivity contribution is -0.275. The second kappa shape index (κ2) is 22.0. The largest absolute Gasteiger partial charge is 0.573 e. The van der Waals surface area contributed by atoms with E-state index < -0.39 is 12.8 Å². The summed E-state index contributed by atoms with van der Waals surface area (Å²) < 4.78 is 66.4. The van der Waals surface area contributed by atoms with Crippen molar-refractivity contribution < 1.29 is 26.7 Å². The van der Waals surface area contributed by atoms with Crippen LogP contribution < -0.4 is 4.74 Å². The van der Waals surface area contributed by atoms with Gasteiger partial charge < -0.3 is 9.64 Å². The minimum Gasteiger partial charge on any atom is -0.405 e. The molecule has 9 heteroatoms. The van der Waals surface area contributed by atoms with E-state index in [1.54, 1.807) is 17.2 Å². The fourth-order valence-electron chi connectivity index (χ4n) is 8.51. The number of hydrogen-bond donors (Lipinski definition) is 0. The van der Waals surface area contributed by atoms with Crippen molar-refractivity contribution in [1.29, 1.82) is 0 Å². The zero-order valence-electron chi connectivity index (χ0n) is 37.1. The first-order valence-corrected chi connectivity index (χ1v) is 22.1. The summed E-state index contributed by atoms with van der Waals surface area (Å²) in [6, 6.07) is 18.3. The molecule has 1 aliphatic carbocycles. The molecule has 0 aromatic heterocycles. The Hall–Kier alpha value is -3.01. The maximum Gasteiger partial charge on any atom is 0.573 e. The molecule has 0 unspecified atom stereocenters. The van der Waals surface area contributed by atoms with Crippen LogP contribution in [0, 0.1) is 0 Å². The quantitative estimate of drug-likeness (QED) is 0.200. The summed E-state index contributed by atoms with van der Waals surface area (Å²) in [4.78, 5) is 6.72. The van der Waals surface area contributed by atoms with E-state index in [0.717, 1.165) is 69.0 Å². The number of likely N-dealkylation sites (N-methyl/N-ethyl adjacent to an activating group) is 1.